The van der Waals surface area contributed by atoms with Crippen molar-refractivity contribution in [3.63, 3.8) is 0 Å². The summed E-state index contributed by atoms with van der Waals surface area (Å²) in [6.07, 6.45) is 8.15. The summed E-state index contributed by atoms with van der Waals surface area (Å²) in [6.45, 7) is 4.17. The molecule has 2 N–H and O–H groups in total. The fourth-order valence-corrected chi connectivity index (χ4v) is 2.38. The zero-order valence-corrected chi connectivity index (χ0v) is 10.2. The Kier molecular flexibility index (Phi) is 5.30. The number of nitrogens with two attached hydrogens (primary N) is 1. The molecule has 88 valence electrons. The van der Waals surface area contributed by atoms with Gasteiger partial charge in [-0.25, -0.2) is 0 Å². The van der Waals surface area contributed by atoms with Crippen LogP contribution in [0.3, 0.4) is 0 Å². The number of carbonyl (C=O) groups excluding carboxylic acids is 1. The van der Waals surface area contributed by atoms with Crippen LogP contribution in [0.2, 0.25) is 0 Å². The van der Waals surface area contributed by atoms with Crippen LogP contribution < -0.4 is 5.73 Å². The molecule has 0 heterocycles. The van der Waals surface area contributed by atoms with Gasteiger partial charge in [0.15, 0.2) is 0 Å². The Balaban J connectivity index is 2.33. The molecule has 0 radical (unpaired) electrons. The average molecular weight is 211 g/mol. The Bertz CT molecular complexity index is 197. The zero-order chi connectivity index (χ0) is 11.3. The number of hydrogen-bond donors (Lipinski definition) is 1. The molecule has 0 aromatic carbocycles. The smallest absolute Gasteiger partial charge is 0.150 e. The first-order valence-corrected chi connectivity index (χ1v) is 6.43. The molecular formula is C13H25NO. The van der Waals surface area contributed by atoms with Crippen molar-refractivity contribution in [2.75, 3.05) is 0 Å². The number of hydrogen-bond acceptors (Lipinski definition) is 2. The molecule has 0 bridgehead atoms. The van der Waals surface area contributed by atoms with E-state index in [2.05, 4.69) is 13.8 Å². The van der Waals surface area contributed by atoms with Gasteiger partial charge in [0.1, 0.15) is 5.78 Å². The van der Waals surface area contributed by atoms with Gasteiger partial charge in [-0.3, -0.25) is 4.79 Å². The van der Waals surface area contributed by atoms with Crippen LogP contribution in [0.1, 0.15) is 58.8 Å². The van der Waals surface area contributed by atoms with Crippen LogP contribution in [-0.4, -0.2) is 11.8 Å². The monoisotopic (exact) mass is 211 g/mol. The highest BCUT2D eigenvalue weighted by molar-refractivity contribution is 5.84. The van der Waals surface area contributed by atoms with E-state index in [1.54, 1.807) is 0 Å². The second-order valence-electron chi connectivity index (χ2n) is 5.09. The highest BCUT2D eigenvalue weighted by atomic mass is 16.1. The Morgan fingerprint density at radius 2 is 1.93 bits per heavy atom. The third-order valence-corrected chi connectivity index (χ3v) is 3.84. The molecule has 15 heavy (non-hydrogen) atoms. The standard InChI is InChI=1S/C13H25NO/c1-3-10(2)13(14)12(15)9-11-7-5-4-6-8-11/h10-11,13H,3-9,14H2,1-2H3. The van der Waals surface area contributed by atoms with E-state index >= 15 is 0 Å². The Hall–Kier alpha value is -0.370. The van der Waals surface area contributed by atoms with Crippen molar-refractivity contribution in [1.82, 2.24) is 0 Å². The second kappa shape index (κ2) is 6.26. The molecule has 2 unspecified atom stereocenters. The van der Waals surface area contributed by atoms with Gasteiger partial charge in [0.25, 0.3) is 0 Å². The summed E-state index contributed by atoms with van der Waals surface area (Å²) < 4.78 is 0. The molecule has 0 amide bonds. The maximum absolute atomic E-state index is 11.9. The van der Waals surface area contributed by atoms with Gasteiger partial charge >= 0.3 is 0 Å². The first kappa shape index (κ1) is 12.7. The lowest BCUT2D eigenvalue weighted by Gasteiger charge is -2.24. The normalized spacial score (nSPS) is 22.3. The number of rotatable bonds is 5. The van der Waals surface area contributed by atoms with Crippen molar-refractivity contribution < 1.29 is 4.79 Å². The van der Waals surface area contributed by atoms with Crippen LogP contribution in [0.5, 0.6) is 0 Å². The van der Waals surface area contributed by atoms with Gasteiger partial charge < -0.3 is 5.73 Å². The van der Waals surface area contributed by atoms with Crippen LogP contribution >= 0.6 is 0 Å². The van der Waals surface area contributed by atoms with Crippen molar-refractivity contribution in [3.8, 4) is 0 Å². The molecule has 0 aromatic rings. The van der Waals surface area contributed by atoms with E-state index < -0.39 is 0 Å². The van der Waals surface area contributed by atoms with Crippen LogP contribution in [0.25, 0.3) is 0 Å². The summed E-state index contributed by atoms with van der Waals surface area (Å²) in [4.78, 5) is 11.9. The van der Waals surface area contributed by atoms with E-state index in [0.29, 0.717) is 11.8 Å². The minimum absolute atomic E-state index is 0.225. The molecule has 0 spiro atoms. The predicted molar refractivity (Wildman–Crippen MR) is 63.6 cm³/mol. The predicted octanol–water partition coefficient (Wildman–Crippen LogP) is 2.90. The number of carbonyl (C=O) groups is 1. The SMILES string of the molecule is CCC(C)C(N)C(=O)CC1CCCCC1. The van der Waals surface area contributed by atoms with E-state index in [9.17, 15) is 4.79 Å². The van der Waals surface area contributed by atoms with Gasteiger partial charge in [-0.15, -0.1) is 0 Å². The molecule has 1 aliphatic carbocycles. The van der Waals surface area contributed by atoms with Crippen molar-refractivity contribution in [2.45, 2.75) is 64.8 Å². The minimum Gasteiger partial charge on any atom is -0.321 e. The van der Waals surface area contributed by atoms with E-state index in [1.807, 2.05) is 0 Å². The Morgan fingerprint density at radius 1 is 1.33 bits per heavy atom. The highest BCUT2D eigenvalue weighted by Gasteiger charge is 2.23. The van der Waals surface area contributed by atoms with Crippen LogP contribution in [-0.2, 0) is 4.79 Å². The van der Waals surface area contributed by atoms with Crippen molar-refractivity contribution in [3.05, 3.63) is 0 Å². The third-order valence-electron chi connectivity index (χ3n) is 3.84. The molecule has 0 aromatic heterocycles. The molecular weight excluding hydrogens is 186 g/mol. The van der Waals surface area contributed by atoms with E-state index in [-0.39, 0.29) is 11.8 Å². The summed E-state index contributed by atoms with van der Waals surface area (Å²) in [5, 5.41) is 0. The molecule has 0 aliphatic heterocycles. The Morgan fingerprint density at radius 3 is 2.47 bits per heavy atom. The summed E-state index contributed by atoms with van der Waals surface area (Å²) in [6, 6.07) is -0.225. The third kappa shape index (κ3) is 3.94. The first-order valence-electron chi connectivity index (χ1n) is 6.43. The van der Waals surface area contributed by atoms with Gasteiger partial charge in [-0.1, -0.05) is 52.4 Å². The average Bonchev–Trinajstić information content (AvgIpc) is 2.28. The van der Waals surface area contributed by atoms with Crippen molar-refractivity contribution >= 4 is 5.78 Å². The molecule has 2 heteroatoms. The minimum atomic E-state index is -0.225. The second-order valence-corrected chi connectivity index (χ2v) is 5.09. The van der Waals surface area contributed by atoms with Crippen LogP contribution in [0, 0.1) is 11.8 Å². The maximum Gasteiger partial charge on any atom is 0.150 e. The van der Waals surface area contributed by atoms with Gasteiger partial charge in [0.05, 0.1) is 6.04 Å². The fourth-order valence-electron chi connectivity index (χ4n) is 2.38. The molecule has 0 saturated heterocycles. The van der Waals surface area contributed by atoms with E-state index in [0.717, 1.165) is 12.8 Å². The van der Waals surface area contributed by atoms with Crippen LogP contribution in [0.4, 0.5) is 0 Å². The summed E-state index contributed by atoms with van der Waals surface area (Å²) in [5.74, 6) is 1.25. The van der Waals surface area contributed by atoms with Gasteiger partial charge in [0, 0.05) is 6.42 Å². The lowest BCUT2D eigenvalue weighted by molar-refractivity contribution is -0.122. The number of ketones is 1. The van der Waals surface area contributed by atoms with Crippen molar-refractivity contribution in [1.29, 1.82) is 0 Å². The highest BCUT2D eigenvalue weighted by Crippen LogP contribution is 2.27. The summed E-state index contributed by atoms with van der Waals surface area (Å²) in [7, 11) is 0. The lowest BCUT2D eigenvalue weighted by atomic mass is 9.83. The summed E-state index contributed by atoms with van der Waals surface area (Å²) >= 11 is 0. The molecule has 1 saturated carbocycles. The topological polar surface area (TPSA) is 43.1 Å². The lowest BCUT2D eigenvalue weighted by Crippen LogP contribution is -2.37. The molecule has 1 aliphatic rings. The van der Waals surface area contributed by atoms with E-state index in [4.69, 9.17) is 5.73 Å². The van der Waals surface area contributed by atoms with Gasteiger partial charge in [-0.05, 0) is 11.8 Å². The quantitative estimate of drug-likeness (QED) is 0.760. The fraction of sp³-hybridized carbons (Fsp3) is 0.923. The molecule has 2 nitrogen and oxygen atoms in total. The Labute approximate surface area is 93.6 Å². The van der Waals surface area contributed by atoms with Gasteiger partial charge in [-0.2, -0.15) is 0 Å². The van der Waals surface area contributed by atoms with E-state index in [1.165, 1.54) is 32.1 Å². The van der Waals surface area contributed by atoms with Gasteiger partial charge in [0.2, 0.25) is 0 Å². The van der Waals surface area contributed by atoms with Crippen LogP contribution in [0.15, 0.2) is 0 Å². The molecule has 1 rings (SSSR count). The maximum atomic E-state index is 11.9. The molecule has 1 fully saturated rings. The largest absolute Gasteiger partial charge is 0.321 e. The summed E-state index contributed by atoms with van der Waals surface area (Å²) in [5.41, 5.74) is 5.94. The molecule has 2 atom stereocenters. The first-order chi connectivity index (χ1) is 7.15. The zero-order valence-electron chi connectivity index (χ0n) is 10.2. The number of Topliss-reactive ketones (excluding diaryl/α,β-unsaturated/α-hetero) is 1. The van der Waals surface area contributed by atoms with Crippen molar-refractivity contribution in [2.24, 2.45) is 17.6 Å².